The number of hydrogen-bond acceptors (Lipinski definition) is 4. The Kier molecular flexibility index (Phi) is 4.13. The molecule has 4 aliphatic rings. The van der Waals surface area contributed by atoms with E-state index in [2.05, 4.69) is 29.0 Å². The highest BCUT2D eigenvalue weighted by atomic mass is 16.5. The number of nitrogens with zero attached hydrogens (tertiary/aromatic N) is 2. The minimum absolute atomic E-state index is 0.246. The molecule has 1 N–H and O–H groups in total. The molecule has 0 aliphatic carbocycles. The molecule has 2 bridgehead atoms. The number of ether oxygens (including phenoxy) is 1. The van der Waals surface area contributed by atoms with E-state index in [-0.39, 0.29) is 5.54 Å². The second-order valence-corrected chi connectivity index (χ2v) is 7.04. The highest BCUT2D eigenvalue weighted by Gasteiger charge is 2.35. The van der Waals surface area contributed by atoms with Crippen LogP contribution in [-0.4, -0.2) is 73.9 Å². The molecule has 0 aromatic carbocycles. The molecular formula is C15H29N3O. The van der Waals surface area contributed by atoms with Crippen LogP contribution in [0.2, 0.25) is 0 Å². The molecule has 0 saturated carbocycles. The van der Waals surface area contributed by atoms with Gasteiger partial charge in [-0.2, -0.15) is 0 Å². The Bertz CT molecular complexity index is 294. The average Bonchev–Trinajstić information content (AvgIpc) is 2.47. The first-order chi connectivity index (χ1) is 9.15. The average molecular weight is 267 g/mol. The first-order valence-electron chi connectivity index (χ1n) is 7.94. The van der Waals surface area contributed by atoms with Crippen molar-refractivity contribution in [3.8, 4) is 0 Å². The summed E-state index contributed by atoms with van der Waals surface area (Å²) in [7, 11) is 0. The predicted octanol–water partition coefficient (Wildman–Crippen LogP) is 0.781. The molecule has 4 fully saturated rings. The molecule has 1 atom stereocenters. The van der Waals surface area contributed by atoms with Gasteiger partial charge < -0.3 is 15.0 Å². The van der Waals surface area contributed by atoms with Gasteiger partial charge in [-0.15, -0.1) is 0 Å². The fourth-order valence-corrected chi connectivity index (χ4v) is 3.86. The van der Waals surface area contributed by atoms with Gasteiger partial charge in [0, 0.05) is 37.8 Å². The van der Waals surface area contributed by atoms with E-state index in [0.29, 0.717) is 0 Å². The molecular weight excluding hydrogens is 238 g/mol. The monoisotopic (exact) mass is 267 g/mol. The van der Waals surface area contributed by atoms with Crippen LogP contribution in [0.3, 0.4) is 0 Å². The lowest BCUT2D eigenvalue weighted by Gasteiger charge is -2.47. The third kappa shape index (κ3) is 3.13. The van der Waals surface area contributed by atoms with Crippen molar-refractivity contribution in [3.05, 3.63) is 0 Å². The second-order valence-electron chi connectivity index (χ2n) is 7.04. The van der Waals surface area contributed by atoms with Crippen molar-refractivity contribution in [2.45, 2.75) is 38.3 Å². The number of rotatable bonds is 4. The molecule has 0 spiro atoms. The van der Waals surface area contributed by atoms with E-state index < -0.39 is 0 Å². The largest absolute Gasteiger partial charge is 0.379 e. The Morgan fingerprint density at radius 2 is 1.79 bits per heavy atom. The highest BCUT2D eigenvalue weighted by Crippen LogP contribution is 2.28. The van der Waals surface area contributed by atoms with Crippen molar-refractivity contribution in [3.63, 3.8) is 0 Å². The first kappa shape index (κ1) is 13.8. The van der Waals surface area contributed by atoms with Gasteiger partial charge in [0.25, 0.3) is 0 Å². The Morgan fingerprint density at radius 1 is 1.11 bits per heavy atom. The van der Waals surface area contributed by atoms with E-state index in [0.717, 1.165) is 44.8 Å². The van der Waals surface area contributed by atoms with Crippen molar-refractivity contribution in [1.29, 1.82) is 0 Å². The molecule has 4 nitrogen and oxygen atoms in total. The van der Waals surface area contributed by atoms with Crippen molar-refractivity contribution in [1.82, 2.24) is 15.1 Å². The normalized spacial score (nSPS) is 36.6. The zero-order valence-electron chi connectivity index (χ0n) is 12.5. The molecule has 4 rings (SSSR count). The summed E-state index contributed by atoms with van der Waals surface area (Å²) in [6, 6.07) is 0.725. The number of nitrogens with one attached hydrogen (secondary N) is 1. The van der Waals surface area contributed by atoms with E-state index in [9.17, 15) is 0 Å². The first-order valence-corrected chi connectivity index (χ1v) is 7.94. The van der Waals surface area contributed by atoms with Gasteiger partial charge in [-0.1, -0.05) is 0 Å². The van der Waals surface area contributed by atoms with Crippen LogP contribution >= 0.6 is 0 Å². The van der Waals surface area contributed by atoms with Gasteiger partial charge in [0.1, 0.15) is 0 Å². The number of fused-ring (bicyclic) bond motifs is 3. The van der Waals surface area contributed by atoms with E-state index >= 15 is 0 Å². The fourth-order valence-electron chi connectivity index (χ4n) is 3.86. The van der Waals surface area contributed by atoms with Crippen LogP contribution in [0.5, 0.6) is 0 Å². The Labute approximate surface area is 117 Å². The maximum Gasteiger partial charge on any atom is 0.0594 e. The molecule has 0 radical (unpaired) electrons. The van der Waals surface area contributed by atoms with Gasteiger partial charge in [0.05, 0.1) is 13.2 Å². The highest BCUT2D eigenvalue weighted by molar-refractivity contribution is 4.94. The Hall–Kier alpha value is -0.160. The van der Waals surface area contributed by atoms with Crippen LogP contribution in [0.1, 0.15) is 26.7 Å². The van der Waals surface area contributed by atoms with Crippen LogP contribution in [0.25, 0.3) is 0 Å². The summed E-state index contributed by atoms with van der Waals surface area (Å²) in [6.45, 7) is 13.7. The minimum Gasteiger partial charge on any atom is -0.379 e. The van der Waals surface area contributed by atoms with Crippen LogP contribution in [0, 0.1) is 5.92 Å². The molecule has 110 valence electrons. The molecule has 4 heteroatoms. The third-order valence-corrected chi connectivity index (χ3v) is 5.32. The quantitative estimate of drug-likeness (QED) is 0.815. The van der Waals surface area contributed by atoms with Crippen molar-refractivity contribution < 1.29 is 4.74 Å². The summed E-state index contributed by atoms with van der Waals surface area (Å²) < 4.78 is 5.46. The predicted molar refractivity (Wildman–Crippen MR) is 77.4 cm³/mol. The van der Waals surface area contributed by atoms with E-state index in [1.54, 1.807) is 0 Å². The molecule has 19 heavy (non-hydrogen) atoms. The zero-order chi connectivity index (χ0) is 13.3. The summed E-state index contributed by atoms with van der Waals surface area (Å²) in [5.74, 6) is 0.922. The van der Waals surface area contributed by atoms with Gasteiger partial charge in [0.15, 0.2) is 0 Å². The lowest BCUT2D eigenvalue weighted by atomic mass is 9.83. The lowest BCUT2D eigenvalue weighted by Crippen LogP contribution is -2.61. The van der Waals surface area contributed by atoms with Gasteiger partial charge >= 0.3 is 0 Å². The summed E-state index contributed by atoms with van der Waals surface area (Å²) in [5.41, 5.74) is 0.246. The maximum absolute atomic E-state index is 5.46. The lowest BCUT2D eigenvalue weighted by molar-refractivity contribution is -0.0140. The molecule has 0 amide bonds. The van der Waals surface area contributed by atoms with Crippen molar-refractivity contribution in [2.75, 3.05) is 52.5 Å². The van der Waals surface area contributed by atoms with Gasteiger partial charge in [-0.25, -0.2) is 0 Å². The fraction of sp³-hybridized carbons (Fsp3) is 1.00. The van der Waals surface area contributed by atoms with Crippen LogP contribution < -0.4 is 5.32 Å². The SMILES string of the molecule is CC(C)(CNC1CN2CCC1CC2)N1CCOCC1. The zero-order valence-corrected chi connectivity index (χ0v) is 12.5. The van der Waals surface area contributed by atoms with Gasteiger partial charge in [-0.3, -0.25) is 4.90 Å². The van der Waals surface area contributed by atoms with Crippen LogP contribution in [0.4, 0.5) is 0 Å². The minimum atomic E-state index is 0.246. The summed E-state index contributed by atoms with van der Waals surface area (Å²) in [5, 5.41) is 3.87. The standard InChI is InChI=1S/C15H29N3O/c1-15(2,18-7-9-19-10-8-18)12-16-14-11-17-5-3-13(14)4-6-17/h13-14,16H,3-12H2,1-2H3. The topological polar surface area (TPSA) is 27.7 Å². The molecule has 4 saturated heterocycles. The van der Waals surface area contributed by atoms with E-state index in [1.165, 1.54) is 32.5 Å². The number of hydrogen-bond donors (Lipinski definition) is 1. The smallest absolute Gasteiger partial charge is 0.0594 e. The Morgan fingerprint density at radius 3 is 2.37 bits per heavy atom. The summed E-state index contributed by atoms with van der Waals surface area (Å²) in [6.07, 6.45) is 2.80. The summed E-state index contributed by atoms with van der Waals surface area (Å²) >= 11 is 0. The molecule has 4 heterocycles. The number of morpholine rings is 1. The third-order valence-electron chi connectivity index (χ3n) is 5.32. The molecule has 1 unspecified atom stereocenters. The van der Waals surface area contributed by atoms with E-state index in [1.807, 2.05) is 0 Å². The second kappa shape index (κ2) is 5.68. The van der Waals surface area contributed by atoms with Gasteiger partial charge in [0.2, 0.25) is 0 Å². The molecule has 4 aliphatic heterocycles. The number of piperidine rings is 3. The van der Waals surface area contributed by atoms with Crippen LogP contribution in [-0.2, 0) is 4.74 Å². The Balaban J connectivity index is 1.50. The van der Waals surface area contributed by atoms with Crippen molar-refractivity contribution in [2.24, 2.45) is 5.92 Å². The maximum atomic E-state index is 5.46. The van der Waals surface area contributed by atoms with Crippen LogP contribution in [0.15, 0.2) is 0 Å². The van der Waals surface area contributed by atoms with Gasteiger partial charge in [-0.05, 0) is 45.7 Å². The molecule has 0 aromatic rings. The summed E-state index contributed by atoms with van der Waals surface area (Å²) in [4.78, 5) is 5.20. The molecule has 0 aromatic heterocycles. The van der Waals surface area contributed by atoms with E-state index in [4.69, 9.17) is 4.74 Å². The van der Waals surface area contributed by atoms with Crippen molar-refractivity contribution >= 4 is 0 Å².